The fraction of sp³-hybridized carbons (Fsp3) is 0.462. The van der Waals surface area contributed by atoms with Crippen LogP contribution < -0.4 is 11.0 Å². The minimum atomic E-state index is -0.322. The van der Waals surface area contributed by atoms with Crippen LogP contribution >= 0.6 is 0 Å². The number of piperidine rings is 1. The molecule has 0 unspecified atom stereocenters. The van der Waals surface area contributed by atoms with Crippen molar-refractivity contribution in [3.8, 4) is 0 Å². The van der Waals surface area contributed by atoms with Crippen LogP contribution in [0.3, 0.4) is 0 Å². The van der Waals surface area contributed by atoms with Gasteiger partial charge in [-0.1, -0.05) is 0 Å². The topological polar surface area (TPSA) is 49.8 Å². The SMILES string of the molecule is O=c1[nH]c2cc(F)ccc2n1CC1CCNCC1. The number of benzene rings is 1. The molecule has 1 saturated heterocycles. The number of fused-ring (bicyclic) bond motifs is 1. The highest BCUT2D eigenvalue weighted by molar-refractivity contribution is 5.75. The fourth-order valence-electron chi connectivity index (χ4n) is 2.64. The van der Waals surface area contributed by atoms with Gasteiger partial charge in [-0.2, -0.15) is 0 Å². The Morgan fingerprint density at radius 1 is 1.33 bits per heavy atom. The molecule has 0 radical (unpaired) electrons. The molecular weight excluding hydrogens is 233 g/mol. The molecule has 96 valence electrons. The van der Waals surface area contributed by atoms with Crippen molar-refractivity contribution in [1.82, 2.24) is 14.9 Å². The highest BCUT2D eigenvalue weighted by Crippen LogP contribution is 2.17. The van der Waals surface area contributed by atoms with E-state index in [2.05, 4.69) is 10.3 Å². The molecular formula is C13H16FN3O. The monoisotopic (exact) mass is 249 g/mol. The highest BCUT2D eigenvalue weighted by atomic mass is 19.1. The zero-order valence-electron chi connectivity index (χ0n) is 10.1. The number of nitrogens with zero attached hydrogens (tertiary/aromatic N) is 1. The van der Waals surface area contributed by atoms with E-state index >= 15 is 0 Å². The first-order valence-electron chi connectivity index (χ1n) is 6.33. The number of imidazole rings is 1. The van der Waals surface area contributed by atoms with Gasteiger partial charge in [0.1, 0.15) is 5.82 Å². The quantitative estimate of drug-likeness (QED) is 0.846. The van der Waals surface area contributed by atoms with Crippen molar-refractivity contribution in [2.24, 2.45) is 5.92 Å². The minimum absolute atomic E-state index is 0.144. The Morgan fingerprint density at radius 3 is 2.89 bits per heavy atom. The second kappa shape index (κ2) is 4.57. The van der Waals surface area contributed by atoms with E-state index in [1.807, 2.05) is 0 Å². The molecule has 18 heavy (non-hydrogen) atoms. The molecule has 0 aliphatic carbocycles. The summed E-state index contributed by atoms with van der Waals surface area (Å²) in [5, 5.41) is 3.31. The number of aromatic nitrogens is 2. The molecule has 4 nitrogen and oxygen atoms in total. The summed E-state index contributed by atoms with van der Waals surface area (Å²) in [6.45, 7) is 2.74. The summed E-state index contributed by atoms with van der Waals surface area (Å²) in [6.07, 6.45) is 2.17. The summed E-state index contributed by atoms with van der Waals surface area (Å²) >= 11 is 0. The lowest BCUT2D eigenvalue weighted by molar-refractivity contribution is 0.333. The molecule has 2 N–H and O–H groups in total. The maximum atomic E-state index is 13.1. The van der Waals surface area contributed by atoms with Gasteiger partial charge in [-0.15, -0.1) is 0 Å². The van der Waals surface area contributed by atoms with Crippen molar-refractivity contribution in [2.45, 2.75) is 19.4 Å². The second-order valence-electron chi connectivity index (χ2n) is 4.90. The van der Waals surface area contributed by atoms with Crippen LogP contribution in [0.1, 0.15) is 12.8 Å². The second-order valence-corrected chi connectivity index (χ2v) is 4.90. The lowest BCUT2D eigenvalue weighted by Gasteiger charge is -2.22. The first-order chi connectivity index (χ1) is 8.74. The molecule has 0 spiro atoms. The zero-order chi connectivity index (χ0) is 12.5. The Labute approximate surface area is 104 Å². The van der Waals surface area contributed by atoms with E-state index in [0.29, 0.717) is 18.0 Å². The minimum Gasteiger partial charge on any atom is -0.317 e. The van der Waals surface area contributed by atoms with Crippen LogP contribution in [0.15, 0.2) is 23.0 Å². The van der Waals surface area contributed by atoms with Crippen LogP contribution in [0.5, 0.6) is 0 Å². The number of rotatable bonds is 2. The first-order valence-corrected chi connectivity index (χ1v) is 6.33. The molecule has 0 amide bonds. The highest BCUT2D eigenvalue weighted by Gasteiger charge is 2.16. The van der Waals surface area contributed by atoms with Crippen molar-refractivity contribution < 1.29 is 4.39 Å². The van der Waals surface area contributed by atoms with Gasteiger partial charge in [-0.25, -0.2) is 9.18 Å². The average Bonchev–Trinajstić information content (AvgIpc) is 2.66. The molecule has 1 aliphatic heterocycles. The molecule has 0 bridgehead atoms. The Kier molecular flexibility index (Phi) is 2.91. The number of nitrogens with one attached hydrogen (secondary N) is 2. The predicted octanol–water partition coefficient (Wildman–Crippen LogP) is 1.47. The largest absolute Gasteiger partial charge is 0.326 e. The van der Waals surface area contributed by atoms with Crippen molar-refractivity contribution in [2.75, 3.05) is 13.1 Å². The maximum absolute atomic E-state index is 13.1. The van der Waals surface area contributed by atoms with Crippen molar-refractivity contribution in [1.29, 1.82) is 0 Å². The van der Waals surface area contributed by atoms with Crippen LogP contribution in [-0.4, -0.2) is 22.6 Å². The van der Waals surface area contributed by atoms with E-state index in [4.69, 9.17) is 0 Å². The van der Waals surface area contributed by atoms with E-state index in [1.165, 1.54) is 12.1 Å². The van der Waals surface area contributed by atoms with Gasteiger partial charge in [0.15, 0.2) is 0 Å². The predicted molar refractivity (Wildman–Crippen MR) is 68.1 cm³/mol. The van der Waals surface area contributed by atoms with E-state index in [0.717, 1.165) is 31.4 Å². The molecule has 5 heteroatoms. The summed E-state index contributed by atoms with van der Waals surface area (Å²) in [7, 11) is 0. The third kappa shape index (κ3) is 2.06. The number of halogens is 1. The molecule has 1 aliphatic rings. The van der Waals surface area contributed by atoms with E-state index in [1.54, 1.807) is 10.6 Å². The third-order valence-corrected chi connectivity index (χ3v) is 3.64. The van der Waals surface area contributed by atoms with Gasteiger partial charge in [0, 0.05) is 6.54 Å². The average molecular weight is 249 g/mol. The molecule has 0 saturated carbocycles. The molecule has 1 aromatic carbocycles. The molecule has 2 heterocycles. The number of H-pyrrole nitrogens is 1. The van der Waals surface area contributed by atoms with Crippen molar-refractivity contribution in [3.63, 3.8) is 0 Å². The summed E-state index contributed by atoms with van der Waals surface area (Å²) in [5.74, 6) is 0.200. The number of hydrogen-bond donors (Lipinski definition) is 2. The standard InChI is InChI=1S/C13H16FN3O/c14-10-1-2-12-11(7-10)16-13(18)17(12)8-9-3-5-15-6-4-9/h1-2,7,9,15H,3-6,8H2,(H,16,18). The van der Waals surface area contributed by atoms with Gasteiger partial charge in [0.2, 0.25) is 0 Å². The molecule has 3 rings (SSSR count). The normalized spacial score (nSPS) is 17.4. The molecule has 1 aromatic heterocycles. The maximum Gasteiger partial charge on any atom is 0.326 e. The van der Waals surface area contributed by atoms with Crippen molar-refractivity contribution in [3.05, 3.63) is 34.5 Å². The molecule has 0 atom stereocenters. The Morgan fingerprint density at radius 2 is 2.11 bits per heavy atom. The van der Waals surface area contributed by atoms with Crippen LogP contribution in [0.25, 0.3) is 11.0 Å². The molecule has 2 aromatic rings. The van der Waals surface area contributed by atoms with E-state index < -0.39 is 0 Å². The first kappa shape index (κ1) is 11.5. The van der Waals surface area contributed by atoms with Gasteiger partial charge < -0.3 is 10.3 Å². The zero-order valence-corrected chi connectivity index (χ0v) is 10.1. The molecule has 1 fully saturated rings. The van der Waals surface area contributed by atoms with Gasteiger partial charge in [-0.05, 0) is 50.0 Å². The fourth-order valence-corrected chi connectivity index (χ4v) is 2.64. The van der Waals surface area contributed by atoms with Crippen LogP contribution in [0.2, 0.25) is 0 Å². The van der Waals surface area contributed by atoms with Crippen molar-refractivity contribution >= 4 is 11.0 Å². The Hall–Kier alpha value is -1.62. The summed E-state index contributed by atoms with van der Waals surface area (Å²) in [6, 6.07) is 4.44. The van der Waals surface area contributed by atoms with Crippen LogP contribution in [-0.2, 0) is 6.54 Å². The summed E-state index contributed by atoms with van der Waals surface area (Å²) in [5.41, 5.74) is 1.22. The Bertz CT molecular complexity index is 610. The van der Waals surface area contributed by atoms with Crippen LogP contribution in [0, 0.1) is 11.7 Å². The third-order valence-electron chi connectivity index (χ3n) is 3.64. The smallest absolute Gasteiger partial charge is 0.317 e. The van der Waals surface area contributed by atoms with E-state index in [-0.39, 0.29) is 11.5 Å². The number of hydrogen-bond acceptors (Lipinski definition) is 2. The summed E-state index contributed by atoms with van der Waals surface area (Å²) < 4.78 is 14.8. The lowest BCUT2D eigenvalue weighted by atomic mass is 9.98. The number of aromatic amines is 1. The van der Waals surface area contributed by atoms with Gasteiger partial charge in [0.05, 0.1) is 11.0 Å². The van der Waals surface area contributed by atoms with E-state index in [9.17, 15) is 9.18 Å². The summed E-state index contributed by atoms with van der Waals surface area (Å²) in [4.78, 5) is 14.6. The van der Waals surface area contributed by atoms with Gasteiger partial charge in [-0.3, -0.25) is 4.57 Å². The van der Waals surface area contributed by atoms with Crippen LogP contribution in [0.4, 0.5) is 4.39 Å². The lowest BCUT2D eigenvalue weighted by Crippen LogP contribution is -2.31. The Balaban J connectivity index is 1.95. The van der Waals surface area contributed by atoms with Gasteiger partial charge >= 0.3 is 5.69 Å². The van der Waals surface area contributed by atoms with Gasteiger partial charge in [0.25, 0.3) is 0 Å².